The van der Waals surface area contributed by atoms with E-state index < -0.39 is 84.5 Å². The largest absolute Gasteiger partial charge is 0.462 e. The third-order valence-corrected chi connectivity index (χ3v) is 13.0. The van der Waals surface area contributed by atoms with Crippen LogP contribution < -0.4 is 0 Å². The van der Waals surface area contributed by atoms with Crippen molar-refractivity contribution in [3.8, 4) is 0 Å². The number of allylic oxidation sites excluding steroid dienone is 2. The van der Waals surface area contributed by atoms with Gasteiger partial charge in [-0.1, -0.05) is 64.5 Å². The molecule has 54 heavy (non-hydrogen) atoms. The molecule has 2 unspecified atom stereocenters. The fourth-order valence-corrected chi connectivity index (χ4v) is 9.58. The molecule has 4 fully saturated rings. The van der Waals surface area contributed by atoms with Gasteiger partial charge in [0.1, 0.15) is 35.9 Å². The minimum atomic E-state index is -1.72. The summed E-state index contributed by atoms with van der Waals surface area (Å²) in [6.45, 7) is 14.1. The molecule has 1 aliphatic carbocycles. The van der Waals surface area contributed by atoms with Gasteiger partial charge in [-0.15, -0.1) is 0 Å². The van der Waals surface area contributed by atoms with E-state index in [2.05, 4.69) is 26.8 Å². The van der Waals surface area contributed by atoms with Gasteiger partial charge in [0.15, 0.2) is 12.1 Å². The molecule has 0 aromatic heterocycles. The molecule has 0 aromatic carbocycles. The molecule has 6 rings (SSSR count). The minimum absolute atomic E-state index is 0.0953. The zero-order valence-corrected chi connectivity index (χ0v) is 33.5. The van der Waals surface area contributed by atoms with Crippen LogP contribution >= 0.6 is 0 Å². The first-order valence-electron chi connectivity index (χ1n) is 20.0. The first-order chi connectivity index (χ1) is 25.6. The molecule has 1 spiro atoms. The van der Waals surface area contributed by atoms with Crippen molar-refractivity contribution in [3.05, 3.63) is 47.1 Å². The Kier molecular flexibility index (Phi) is 13.0. The molecule has 6 aliphatic rings. The van der Waals surface area contributed by atoms with Crippen LogP contribution in [-0.2, 0) is 42.7 Å². The first kappa shape index (κ1) is 41.7. The molecule has 5 aliphatic heterocycles. The lowest BCUT2D eigenvalue weighted by molar-refractivity contribution is -0.354. The number of methoxy groups -OCH3 is 2. The van der Waals surface area contributed by atoms with Crippen molar-refractivity contribution in [1.29, 1.82) is 0 Å². The molecular weight excluding hydrogens is 696 g/mol. The number of hydrogen-bond acceptors (Lipinski definition) is 12. The predicted molar refractivity (Wildman–Crippen MR) is 199 cm³/mol. The Bertz CT molecular complexity index is 1460. The molecule has 0 radical (unpaired) electrons. The molecule has 304 valence electrons. The number of aliphatic hydroxyl groups is 3. The predicted octanol–water partition coefficient (Wildman–Crippen LogP) is 4.69. The standard InChI is InChI=1S/C42H64O12/c1-10-22(2)37-26(6)32(43)20-41(54-37)19-30-17-29(53-41)15-14-24(4)36(52-34-18-33(47-8)35(44)27(7)50-34)23(3)12-11-13-28-21-49-39-38(48-9)25(5)16-31(40(45)51-30)42(28,39)46/h11-14,16,22-23,26-27,29-39,43-44,46H,10,15,17-21H2,1-9H3/b12-11+,24-14+,28-13+/t22?,23-,26-,27-,29+,30-,31-,32-,33-,34-,35-,36-,37+,38+,39+,41?,42+/m0/s1. The fraction of sp³-hybridized carbons (Fsp3) is 0.786. The highest BCUT2D eigenvalue weighted by Gasteiger charge is 2.61. The quantitative estimate of drug-likeness (QED) is 0.255. The van der Waals surface area contributed by atoms with E-state index in [0.717, 1.165) is 17.6 Å². The SMILES string of the molecule is CCC(C)[C@H]1OC2(C[C@@H]3C[C@@H](C/C=C(\C)[C@@H](O[C@H]4C[C@H](OC)[C@@H](O)[C@H](C)O4)[C@@H](C)/C=C/C=C4\CO[C@@H]5[C@H](OC)C(C)=C[C@@H](C(=O)O3)[C@]45O)O2)C[C@H](O)[C@@H]1C. The Morgan fingerprint density at radius 3 is 2.46 bits per heavy atom. The molecule has 12 heteroatoms. The summed E-state index contributed by atoms with van der Waals surface area (Å²) >= 11 is 0. The molecule has 17 atom stereocenters. The topological polar surface area (TPSA) is 152 Å². The average molecular weight is 761 g/mol. The number of esters is 1. The van der Waals surface area contributed by atoms with Gasteiger partial charge < -0.3 is 53.2 Å². The summed E-state index contributed by atoms with van der Waals surface area (Å²) < 4.78 is 50.5. The summed E-state index contributed by atoms with van der Waals surface area (Å²) in [4.78, 5) is 14.4. The Morgan fingerprint density at radius 1 is 1.00 bits per heavy atom. The lowest BCUT2D eigenvalue weighted by atomic mass is 9.70. The van der Waals surface area contributed by atoms with Crippen LogP contribution in [0.4, 0.5) is 0 Å². The maximum atomic E-state index is 14.4. The van der Waals surface area contributed by atoms with Crippen molar-refractivity contribution in [2.75, 3.05) is 20.8 Å². The number of carbonyl (C=O) groups is 1. The number of rotatable bonds is 6. The fourth-order valence-electron chi connectivity index (χ4n) is 9.58. The van der Waals surface area contributed by atoms with Crippen LogP contribution in [0.15, 0.2) is 47.1 Å². The van der Waals surface area contributed by atoms with Gasteiger partial charge in [-0.05, 0) is 49.8 Å². The molecule has 2 bridgehead atoms. The summed E-state index contributed by atoms with van der Waals surface area (Å²) in [5.74, 6) is -2.85. The number of hydrogen-bond donors (Lipinski definition) is 3. The van der Waals surface area contributed by atoms with Crippen LogP contribution in [0.2, 0.25) is 0 Å². The lowest BCUT2D eigenvalue weighted by Gasteiger charge is -2.52. The molecular formula is C42H64O12. The second-order valence-corrected chi connectivity index (χ2v) is 16.8. The molecule has 12 nitrogen and oxygen atoms in total. The second-order valence-electron chi connectivity index (χ2n) is 16.8. The first-order valence-corrected chi connectivity index (χ1v) is 20.0. The molecule has 0 aromatic rings. The normalized spacial score (nSPS) is 49.1. The highest BCUT2D eigenvalue weighted by atomic mass is 16.7. The van der Waals surface area contributed by atoms with Crippen molar-refractivity contribution < 1.29 is 58.0 Å². The monoisotopic (exact) mass is 760 g/mol. The summed E-state index contributed by atoms with van der Waals surface area (Å²) in [6.07, 6.45) is 6.15. The second kappa shape index (κ2) is 16.9. The van der Waals surface area contributed by atoms with Gasteiger partial charge in [0.25, 0.3) is 0 Å². The van der Waals surface area contributed by atoms with E-state index in [1.54, 1.807) is 20.3 Å². The zero-order chi connectivity index (χ0) is 39.1. The van der Waals surface area contributed by atoms with E-state index >= 15 is 0 Å². The minimum Gasteiger partial charge on any atom is -0.462 e. The van der Waals surface area contributed by atoms with E-state index in [-0.39, 0.29) is 43.3 Å². The van der Waals surface area contributed by atoms with E-state index in [4.69, 9.17) is 37.9 Å². The Balaban J connectivity index is 1.40. The van der Waals surface area contributed by atoms with Crippen molar-refractivity contribution >= 4 is 5.97 Å². The Hall–Kier alpha value is -1.97. The zero-order valence-electron chi connectivity index (χ0n) is 33.5. The maximum absolute atomic E-state index is 14.4. The van der Waals surface area contributed by atoms with Crippen LogP contribution in [0.3, 0.4) is 0 Å². The van der Waals surface area contributed by atoms with Crippen LogP contribution in [0.5, 0.6) is 0 Å². The van der Waals surface area contributed by atoms with Crippen LogP contribution in [0.25, 0.3) is 0 Å². The number of ether oxygens (including phenoxy) is 8. The average Bonchev–Trinajstić information content (AvgIpc) is 3.47. The van der Waals surface area contributed by atoms with Crippen molar-refractivity contribution in [1.82, 2.24) is 0 Å². The molecule has 3 N–H and O–H groups in total. The maximum Gasteiger partial charge on any atom is 0.316 e. The van der Waals surface area contributed by atoms with Gasteiger partial charge >= 0.3 is 5.97 Å². The highest BCUT2D eigenvalue weighted by Crippen LogP contribution is 2.48. The summed E-state index contributed by atoms with van der Waals surface area (Å²) in [7, 11) is 3.15. The number of fused-ring (bicyclic) bond motifs is 2. The molecule has 0 saturated carbocycles. The van der Waals surface area contributed by atoms with Crippen LogP contribution in [-0.4, -0.2) is 121 Å². The number of aliphatic hydroxyl groups excluding tert-OH is 2. The van der Waals surface area contributed by atoms with E-state index in [0.29, 0.717) is 24.8 Å². The molecule has 4 saturated heterocycles. The third-order valence-electron chi connectivity index (χ3n) is 13.0. The van der Waals surface area contributed by atoms with Gasteiger partial charge in [-0.25, -0.2) is 0 Å². The van der Waals surface area contributed by atoms with E-state index in [9.17, 15) is 20.1 Å². The van der Waals surface area contributed by atoms with Gasteiger partial charge in [0, 0.05) is 51.7 Å². The van der Waals surface area contributed by atoms with Crippen molar-refractivity contribution in [2.45, 2.75) is 166 Å². The molecule has 0 amide bonds. The lowest BCUT2D eigenvalue weighted by Crippen LogP contribution is -2.60. The van der Waals surface area contributed by atoms with Crippen LogP contribution in [0, 0.1) is 23.7 Å². The van der Waals surface area contributed by atoms with Gasteiger partial charge in [0.2, 0.25) is 0 Å². The summed E-state index contributed by atoms with van der Waals surface area (Å²) in [5.41, 5.74) is 0.566. The van der Waals surface area contributed by atoms with Gasteiger partial charge in [-0.2, -0.15) is 0 Å². The Morgan fingerprint density at radius 2 is 1.76 bits per heavy atom. The van der Waals surface area contributed by atoms with E-state index in [1.807, 2.05) is 45.9 Å². The smallest absolute Gasteiger partial charge is 0.316 e. The van der Waals surface area contributed by atoms with Crippen LogP contribution in [0.1, 0.15) is 87.0 Å². The molecule has 5 heterocycles. The van der Waals surface area contributed by atoms with Crippen molar-refractivity contribution in [2.24, 2.45) is 23.7 Å². The number of carbonyl (C=O) groups excluding carboxylic acids is 1. The van der Waals surface area contributed by atoms with Gasteiger partial charge in [0.05, 0.1) is 43.2 Å². The van der Waals surface area contributed by atoms with Gasteiger partial charge in [-0.3, -0.25) is 4.79 Å². The summed E-state index contributed by atoms with van der Waals surface area (Å²) in [6, 6.07) is 0. The van der Waals surface area contributed by atoms with E-state index in [1.165, 1.54) is 0 Å². The highest BCUT2D eigenvalue weighted by molar-refractivity contribution is 5.78. The summed E-state index contributed by atoms with van der Waals surface area (Å²) in [5, 5.41) is 34.6. The van der Waals surface area contributed by atoms with Crippen molar-refractivity contribution in [3.63, 3.8) is 0 Å². The Labute approximate surface area is 320 Å². The third kappa shape index (κ3) is 8.08.